The van der Waals surface area contributed by atoms with E-state index in [9.17, 15) is 33.8 Å². The van der Waals surface area contributed by atoms with Crippen molar-refractivity contribution in [3.05, 3.63) is 36.1 Å². The van der Waals surface area contributed by atoms with Crippen molar-refractivity contribution in [1.29, 1.82) is 0 Å². The fourth-order valence-electron chi connectivity index (χ4n) is 4.48. The third-order valence-corrected chi connectivity index (χ3v) is 8.04. The molecule has 3 atom stereocenters. The number of hydrogen-bond donors (Lipinski definition) is 4. The first kappa shape index (κ1) is 38.3. The van der Waals surface area contributed by atoms with Gasteiger partial charge in [-0.25, -0.2) is 9.86 Å². The van der Waals surface area contributed by atoms with Crippen LogP contribution in [0.5, 0.6) is 5.75 Å². The number of nitrogens with one attached hydrogen (secondary N) is 2. The highest BCUT2D eigenvalue weighted by molar-refractivity contribution is 7.61. The van der Waals surface area contributed by atoms with Crippen LogP contribution in [0, 0.1) is 5.92 Å². The Bertz CT molecular complexity index is 1350. The highest BCUT2D eigenvalue weighted by Gasteiger charge is 2.31. The molecule has 0 saturated heterocycles. The lowest BCUT2D eigenvalue weighted by atomic mass is 9.90. The largest absolute Gasteiger partial charge is 0.510 e. The SMILES string of the molecule is CCCCCC(C(=O)NCNC(=O)c1ccc(-c2cc(OCC)cc(P(=O)(O)OCOC(=O)OC(C)C)c2)o1)C(CC)N(O)C=O. The summed E-state index contributed by atoms with van der Waals surface area (Å²) in [5.41, 5.74) is 0.288. The number of furan rings is 1. The Balaban J connectivity index is 2.13. The molecule has 0 saturated carbocycles. The zero-order valence-corrected chi connectivity index (χ0v) is 27.6. The topological polar surface area (TPSA) is 203 Å². The van der Waals surface area contributed by atoms with E-state index in [0.717, 1.165) is 19.3 Å². The number of rotatable bonds is 20. The molecule has 1 aromatic carbocycles. The first-order valence-corrected chi connectivity index (χ1v) is 16.6. The lowest BCUT2D eigenvalue weighted by molar-refractivity contribution is -0.168. The van der Waals surface area contributed by atoms with Gasteiger partial charge in [0.1, 0.15) is 11.5 Å². The van der Waals surface area contributed by atoms with Crippen molar-refractivity contribution in [2.24, 2.45) is 5.92 Å². The Labute approximate surface area is 268 Å². The molecule has 0 fully saturated rings. The third kappa shape index (κ3) is 11.8. The molecule has 0 aliphatic carbocycles. The number of nitrogens with zero attached hydrogens (tertiary/aromatic N) is 1. The molecule has 4 N–H and O–H groups in total. The first-order chi connectivity index (χ1) is 21.9. The summed E-state index contributed by atoms with van der Waals surface area (Å²) >= 11 is 0. The Morgan fingerprint density at radius 1 is 1.09 bits per heavy atom. The molecule has 3 unspecified atom stereocenters. The Morgan fingerprint density at radius 2 is 1.83 bits per heavy atom. The van der Waals surface area contributed by atoms with Gasteiger partial charge in [0.05, 0.1) is 36.6 Å². The maximum absolute atomic E-state index is 13.0. The molecule has 1 aromatic heterocycles. The fraction of sp³-hybridized carbons (Fsp3) is 0.533. The van der Waals surface area contributed by atoms with Gasteiger partial charge >= 0.3 is 13.8 Å². The van der Waals surface area contributed by atoms with E-state index >= 15 is 0 Å². The molecule has 16 heteroatoms. The van der Waals surface area contributed by atoms with Gasteiger partial charge in [-0.3, -0.25) is 28.7 Å². The average molecular weight is 670 g/mol. The monoisotopic (exact) mass is 669 g/mol. The number of amides is 3. The summed E-state index contributed by atoms with van der Waals surface area (Å²) < 4.78 is 38.6. The van der Waals surface area contributed by atoms with Crippen molar-refractivity contribution in [1.82, 2.24) is 15.7 Å². The number of benzene rings is 1. The van der Waals surface area contributed by atoms with Gasteiger partial charge in [0.25, 0.3) is 5.91 Å². The van der Waals surface area contributed by atoms with Crippen LogP contribution in [0.3, 0.4) is 0 Å². The van der Waals surface area contributed by atoms with E-state index < -0.39 is 50.4 Å². The maximum atomic E-state index is 13.0. The fourth-order valence-corrected chi connectivity index (χ4v) is 5.41. The molecule has 0 aliphatic heterocycles. The Hall–Kier alpha value is -3.91. The van der Waals surface area contributed by atoms with E-state index in [1.54, 1.807) is 27.7 Å². The minimum Gasteiger partial charge on any atom is -0.494 e. The van der Waals surface area contributed by atoms with Crippen LogP contribution in [0.1, 0.15) is 77.3 Å². The van der Waals surface area contributed by atoms with Crippen LogP contribution >= 0.6 is 7.60 Å². The van der Waals surface area contributed by atoms with Crippen molar-refractivity contribution in [2.75, 3.05) is 20.1 Å². The molecule has 46 heavy (non-hydrogen) atoms. The molecule has 1 heterocycles. The van der Waals surface area contributed by atoms with Crippen LogP contribution < -0.4 is 20.7 Å². The summed E-state index contributed by atoms with van der Waals surface area (Å²) in [6.07, 6.45) is 2.09. The zero-order valence-electron chi connectivity index (χ0n) is 26.7. The van der Waals surface area contributed by atoms with Gasteiger partial charge in [0, 0.05) is 5.56 Å². The van der Waals surface area contributed by atoms with Gasteiger partial charge in [-0.2, -0.15) is 0 Å². The van der Waals surface area contributed by atoms with Crippen molar-refractivity contribution in [3.8, 4) is 17.1 Å². The highest BCUT2D eigenvalue weighted by Crippen LogP contribution is 2.43. The molecule has 0 spiro atoms. The maximum Gasteiger partial charge on any atom is 0.510 e. The van der Waals surface area contributed by atoms with E-state index in [2.05, 4.69) is 15.4 Å². The molecule has 3 amide bonds. The summed E-state index contributed by atoms with van der Waals surface area (Å²) in [7, 11) is -4.52. The average Bonchev–Trinajstić information content (AvgIpc) is 3.51. The Morgan fingerprint density at radius 3 is 2.46 bits per heavy atom. The summed E-state index contributed by atoms with van der Waals surface area (Å²) in [6, 6.07) is 6.28. The molecule has 0 bridgehead atoms. The van der Waals surface area contributed by atoms with E-state index in [4.69, 9.17) is 18.4 Å². The van der Waals surface area contributed by atoms with Crippen LogP contribution in [0.4, 0.5) is 4.79 Å². The zero-order chi connectivity index (χ0) is 34.3. The minimum atomic E-state index is -4.52. The quantitative estimate of drug-likeness (QED) is 0.0296. The molecular weight excluding hydrogens is 625 g/mol. The van der Waals surface area contributed by atoms with E-state index in [0.29, 0.717) is 17.9 Å². The molecule has 0 aliphatic rings. The van der Waals surface area contributed by atoms with Crippen molar-refractivity contribution in [3.63, 3.8) is 0 Å². The lowest BCUT2D eigenvalue weighted by Crippen LogP contribution is -2.47. The summed E-state index contributed by atoms with van der Waals surface area (Å²) in [5, 5.41) is 15.5. The molecule has 256 valence electrons. The van der Waals surface area contributed by atoms with Gasteiger partial charge in [0.2, 0.25) is 19.1 Å². The normalized spacial score (nSPS) is 13.7. The summed E-state index contributed by atoms with van der Waals surface area (Å²) in [6.45, 7) is 7.87. The number of unbranched alkanes of at least 4 members (excludes halogenated alkanes) is 2. The minimum absolute atomic E-state index is 0.110. The van der Waals surface area contributed by atoms with Gasteiger partial charge in [-0.15, -0.1) is 0 Å². The van der Waals surface area contributed by atoms with Gasteiger partial charge in [0.15, 0.2) is 5.76 Å². The summed E-state index contributed by atoms with van der Waals surface area (Å²) in [4.78, 5) is 59.0. The lowest BCUT2D eigenvalue weighted by Gasteiger charge is -2.29. The van der Waals surface area contributed by atoms with Gasteiger partial charge in [-0.1, -0.05) is 33.1 Å². The predicted molar refractivity (Wildman–Crippen MR) is 165 cm³/mol. The predicted octanol–water partition coefficient (Wildman–Crippen LogP) is 4.32. The molecular formula is C30H44N3O12P. The van der Waals surface area contributed by atoms with Crippen LogP contribution in [-0.2, 0) is 28.2 Å². The number of hydrogen-bond acceptors (Lipinski definition) is 11. The van der Waals surface area contributed by atoms with Crippen LogP contribution in [0.2, 0.25) is 0 Å². The number of carbonyl (C=O) groups excluding carboxylic acids is 4. The van der Waals surface area contributed by atoms with Crippen molar-refractivity contribution in [2.45, 2.75) is 78.9 Å². The first-order valence-electron chi connectivity index (χ1n) is 15.0. The smallest absolute Gasteiger partial charge is 0.494 e. The van der Waals surface area contributed by atoms with Crippen molar-refractivity contribution < 1.29 is 57.0 Å². The molecule has 0 radical (unpaired) electrons. The molecule has 2 rings (SSSR count). The van der Waals surface area contributed by atoms with E-state index in [1.165, 1.54) is 30.3 Å². The second kappa shape index (κ2) is 18.9. The van der Waals surface area contributed by atoms with E-state index in [1.807, 2.05) is 6.92 Å². The molecule has 15 nitrogen and oxygen atoms in total. The third-order valence-electron chi connectivity index (χ3n) is 6.68. The number of hydroxylamine groups is 2. The second-order valence-electron chi connectivity index (χ2n) is 10.4. The number of carbonyl (C=O) groups is 4. The Kier molecular flexibility index (Phi) is 15.7. The van der Waals surface area contributed by atoms with Crippen LogP contribution in [0.15, 0.2) is 34.7 Å². The molecule has 2 aromatic rings. The number of ether oxygens (including phenoxy) is 3. The summed E-state index contributed by atoms with van der Waals surface area (Å²) in [5.74, 6) is -1.50. The van der Waals surface area contributed by atoms with Crippen LogP contribution in [0.25, 0.3) is 11.3 Å². The van der Waals surface area contributed by atoms with Gasteiger partial charge < -0.3 is 34.2 Å². The standard InChI is InChI=1S/C30H44N3O12P/c1-6-9-10-11-24(25(7-2)33(38)18-34)28(35)31-17-32-29(36)27-13-12-26(45-27)21-14-22(41-8-3)16-23(15-21)46(39,40)43-19-42-30(37)44-20(4)5/h12-16,18,20,24-25,38H,6-11,17,19H2,1-5H3,(H,31,35)(H,32,36)(H,39,40). The highest BCUT2D eigenvalue weighted by atomic mass is 31.2. The van der Waals surface area contributed by atoms with E-state index in [-0.39, 0.29) is 47.8 Å². The van der Waals surface area contributed by atoms with Crippen molar-refractivity contribution >= 4 is 37.3 Å². The second-order valence-corrected chi connectivity index (χ2v) is 12.2. The van der Waals surface area contributed by atoms with Gasteiger partial charge in [-0.05, 0) is 63.9 Å². The van der Waals surface area contributed by atoms with Crippen LogP contribution in [-0.4, -0.2) is 71.8 Å².